The van der Waals surface area contributed by atoms with Gasteiger partial charge in [0.1, 0.15) is 5.76 Å². The molecule has 0 N–H and O–H groups in total. The van der Waals surface area contributed by atoms with E-state index in [2.05, 4.69) is 36.1 Å². The van der Waals surface area contributed by atoms with E-state index in [4.69, 9.17) is 4.42 Å². The lowest BCUT2D eigenvalue weighted by Gasteiger charge is -2.32. The SMILES string of the molecule is CC1CCCN(c2ccc(-c3ccc(C=O)o3)cc2)C1. The fourth-order valence-corrected chi connectivity index (χ4v) is 2.83. The van der Waals surface area contributed by atoms with Crippen LogP contribution in [0.5, 0.6) is 0 Å². The second kappa shape index (κ2) is 5.53. The third-order valence-corrected chi connectivity index (χ3v) is 3.92. The smallest absolute Gasteiger partial charge is 0.185 e. The van der Waals surface area contributed by atoms with Crippen molar-refractivity contribution in [3.63, 3.8) is 0 Å². The normalized spacial score (nSPS) is 19.1. The van der Waals surface area contributed by atoms with E-state index in [0.717, 1.165) is 36.6 Å². The Bertz CT molecular complexity index is 585. The van der Waals surface area contributed by atoms with E-state index in [1.165, 1.54) is 18.5 Å². The quantitative estimate of drug-likeness (QED) is 0.790. The number of rotatable bonds is 3. The Hall–Kier alpha value is -2.03. The molecule has 0 amide bonds. The molecule has 0 bridgehead atoms. The molecule has 1 unspecified atom stereocenters. The van der Waals surface area contributed by atoms with Crippen molar-refractivity contribution < 1.29 is 9.21 Å². The number of nitrogens with zero attached hydrogens (tertiary/aromatic N) is 1. The van der Waals surface area contributed by atoms with Gasteiger partial charge in [0.05, 0.1) is 0 Å². The van der Waals surface area contributed by atoms with E-state index in [1.807, 2.05) is 6.07 Å². The summed E-state index contributed by atoms with van der Waals surface area (Å²) in [6.45, 7) is 4.58. The number of furan rings is 1. The number of aldehydes is 1. The summed E-state index contributed by atoms with van der Waals surface area (Å²) in [4.78, 5) is 13.1. The molecule has 0 aliphatic carbocycles. The van der Waals surface area contributed by atoms with Crippen molar-refractivity contribution >= 4 is 12.0 Å². The maximum Gasteiger partial charge on any atom is 0.185 e. The highest BCUT2D eigenvalue weighted by Gasteiger charge is 2.16. The van der Waals surface area contributed by atoms with Crippen LogP contribution in [-0.4, -0.2) is 19.4 Å². The monoisotopic (exact) mass is 269 g/mol. The average Bonchev–Trinajstić information content (AvgIpc) is 2.96. The number of hydrogen-bond acceptors (Lipinski definition) is 3. The highest BCUT2D eigenvalue weighted by Crippen LogP contribution is 2.27. The van der Waals surface area contributed by atoms with Gasteiger partial charge in [-0.3, -0.25) is 4.79 Å². The van der Waals surface area contributed by atoms with Gasteiger partial charge in [-0.1, -0.05) is 6.92 Å². The molecule has 0 saturated carbocycles. The van der Waals surface area contributed by atoms with Crippen LogP contribution in [0, 0.1) is 5.92 Å². The second-order valence-electron chi connectivity index (χ2n) is 5.56. The number of anilines is 1. The minimum atomic E-state index is 0.369. The first-order valence-electron chi connectivity index (χ1n) is 7.16. The van der Waals surface area contributed by atoms with Crippen molar-refractivity contribution in [1.29, 1.82) is 0 Å². The molecule has 20 heavy (non-hydrogen) atoms. The van der Waals surface area contributed by atoms with Crippen LogP contribution in [0.15, 0.2) is 40.8 Å². The molecule has 104 valence electrons. The third-order valence-electron chi connectivity index (χ3n) is 3.92. The summed E-state index contributed by atoms with van der Waals surface area (Å²) in [5.74, 6) is 1.88. The summed E-state index contributed by atoms with van der Waals surface area (Å²) < 4.78 is 5.44. The van der Waals surface area contributed by atoms with E-state index >= 15 is 0 Å². The van der Waals surface area contributed by atoms with Crippen LogP contribution in [0.3, 0.4) is 0 Å². The number of piperidine rings is 1. The van der Waals surface area contributed by atoms with Crippen LogP contribution in [-0.2, 0) is 0 Å². The lowest BCUT2D eigenvalue weighted by atomic mass is 9.99. The molecule has 0 spiro atoms. The molecule has 1 fully saturated rings. The van der Waals surface area contributed by atoms with Gasteiger partial charge in [-0.05, 0) is 55.2 Å². The zero-order valence-corrected chi connectivity index (χ0v) is 11.7. The molecular weight excluding hydrogens is 250 g/mol. The predicted octanol–water partition coefficient (Wildman–Crippen LogP) is 4.00. The number of hydrogen-bond donors (Lipinski definition) is 0. The Morgan fingerprint density at radius 3 is 2.65 bits per heavy atom. The lowest BCUT2D eigenvalue weighted by molar-refractivity contribution is 0.110. The summed E-state index contributed by atoms with van der Waals surface area (Å²) in [5, 5.41) is 0. The van der Waals surface area contributed by atoms with Crippen LogP contribution >= 0.6 is 0 Å². The van der Waals surface area contributed by atoms with Gasteiger partial charge >= 0.3 is 0 Å². The molecule has 0 radical (unpaired) electrons. The van der Waals surface area contributed by atoms with Crippen LogP contribution < -0.4 is 4.90 Å². The summed E-state index contributed by atoms with van der Waals surface area (Å²) in [6.07, 6.45) is 3.33. The molecule has 3 heteroatoms. The van der Waals surface area contributed by atoms with Crippen molar-refractivity contribution in [2.45, 2.75) is 19.8 Å². The topological polar surface area (TPSA) is 33.5 Å². The van der Waals surface area contributed by atoms with Crippen molar-refractivity contribution in [2.24, 2.45) is 5.92 Å². The molecule has 1 aromatic carbocycles. The fraction of sp³-hybridized carbons (Fsp3) is 0.353. The molecule has 1 aromatic heterocycles. The first-order chi connectivity index (χ1) is 9.76. The van der Waals surface area contributed by atoms with E-state index in [9.17, 15) is 4.79 Å². The predicted molar refractivity (Wildman–Crippen MR) is 80.1 cm³/mol. The maximum absolute atomic E-state index is 10.6. The minimum Gasteiger partial charge on any atom is -0.453 e. The van der Waals surface area contributed by atoms with E-state index in [-0.39, 0.29) is 0 Å². The first-order valence-corrected chi connectivity index (χ1v) is 7.16. The van der Waals surface area contributed by atoms with Gasteiger partial charge in [0.15, 0.2) is 12.0 Å². The molecule has 2 aromatic rings. The summed E-state index contributed by atoms with van der Waals surface area (Å²) in [5.41, 5.74) is 2.27. The van der Waals surface area contributed by atoms with Gasteiger partial charge in [0.2, 0.25) is 0 Å². The molecule has 2 heterocycles. The maximum atomic E-state index is 10.6. The van der Waals surface area contributed by atoms with Crippen molar-refractivity contribution in [3.05, 3.63) is 42.2 Å². The fourth-order valence-electron chi connectivity index (χ4n) is 2.83. The zero-order valence-electron chi connectivity index (χ0n) is 11.7. The zero-order chi connectivity index (χ0) is 13.9. The van der Waals surface area contributed by atoms with E-state index in [1.54, 1.807) is 6.07 Å². The number of carbonyl (C=O) groups excluding carboxylic acids is 1. The Balaban J connectivity index is 1.78. The first kappa shape index (κ1) is 13.0. The van der Waals surface area contributed by atoms with Crippen molar-refractivity contribution in [1.82, 2.24) is 0 Å². The molecule has 1 aliphatic rings. The number of benzene rings is 1. The standard InChI is InChI=1S/C17H19NO2/c1-13-3-2-10-18(11-13)15-6-4-14(5-7-15)17-9-8-16(12-19)20-17/h4-9,12-13H,2-3,10-11H2,1H3. The van der Waals surface area contributed by atoms with E-state index in [0.29, 0.717) is 5.76 Å². The van der Waals surface area contributed by atoms with Crippen molar-refractivity contribution in [2.75, 3.05) is 18.0 Å². The molecule has 1 saturated heterocycles. The average molecular weight is 269 g/mol. The van der Waals surface area contributed by atoms with E-state index < -0.39 is 0 Å². The van der Waals surface area contributed by atoms with Gasteiger partial charge in [0, 0.05) is 24.3 Å². The Morgan fingerprint density at radius 1 is 1.20 bits per heavy atom. The highest BCUT2D eigenvalue weighted by atomic mass is 16.3. The molecule has 3 rings (SSSR count). The Kier molecular flexibility index (Phi) is 3.59. The van der Waals surface area contributed by atoms with Crippen LogP contribution in [0.25, 0.3) is 11.3 Å². The highest BCUT2D eigenvalue weighted by molar-refractivity contribution is 5.73. The third kappa shape index (κ3) is 2.62. The minimum absolute atomic E-state index is 0.369. The summed E-state index contributed by atoms with van der Waals surface area (Å²) >= 11 is 0. The van der Waals surface area contributed by atoms with Crippen LogP contribution in [0.1, 0.15) is 30.3 Å². The molecule has 1 atom stereocenters. The number of carbonyl (C=O) groups is 1. The van der Waals surface area contributed by atoms with Crippen molar-refractivity contribution in [3.8, 4) is 11.3 Å². The molecule has 1 aliphatic heterocycles. The Labute approximate surface area is 119 Å². The summed E-state index contributed by atoms with van der Waals surface area (Å²) in [7, 11) is 0. The van der Waals surface area contributed by atoms with Crippen LogP contribution in [0.2, 0.25) is 0 Å². The largest absolute Gasteiger partial charge is 0.453 e. The summed E-state index contributed by atoms with van der Waals surface area (Å²) in [6, 6.07) is 11.9. The van der Waals surface area contributed by atoms with Gasteiger partial charge in [-0.2, -0.15) is 0 Å². The Morgan fingerprint density at radius 2 is 2.00 bits per heavy atom. The van der Waals surface area contributed by atoms with Gasteiger partial charge in [0.25, 0.3) is 0 Å². The van der Waals surface area contributed by atoms with Gasteiger partial charge in [-0.25, -0.2) is 0 Å². The lowest BCUT2D eigenvalue weighted by Crippen LogP contribution is -2.34. The van der Waals surface area contributed by atoms with Crippen LogP contribution in [0.4, 0.5) is 5.69 Å². The molecular formula is C17H19NO2. The van der Waals surface area contributed by atoms with Gasteiger partial charge in [-0.15, -0.1) is 0 Å². The second-order valence-corrected chi connectivity index (χ2v) is 5.56. The van der Waals surface area contributed by atoms with Gasteiger partial charge < -0.3 is 9.32 Å². The molecule has 3 nitrogen and oxygen atoms in total.